The third-order valence-electron chi connectivity index (χ3n) is 4.14. The Morgan fingerprint density at radius 3 is 2.59 bits per heavy atom. The summed E-state index contributed by atoms with van der Waals surface area (Å²) in [7, 11) is 3.20. The van der Waals surface area contributed by atoms with Gasteiger partial charge in [0.15, 0.2) is 11.5 Å². The fourth-order valence-corrected chi connectivity index (χ4v) is 2.80. The van der Waals surface area contributed by atoms with E-state index in [1.807, 2.05) is 43.3 Å². The quantitative estimate of drug-likeness (QED) is 0.677. The van der Waals surface area contributed by atoms with Gasteiger partial charge in [0.1, 0.15) is 17.3 Å². The van der Waals surface area contributed by atoms with Crippen molar-refractivity contribution in [2.45, 2.75) is 19.8 Å². The summed E-state index contributed by atoms with van der Waals surface area (Å²) in [4.78, 5) is 16.4. The second-order valence-corrected chi connectivity index (χ2v) is 6.03. The molecule has 0 bridgehead atoms. The van der Waals surface area contributed by atoms with Crippen LogP contribution in [-0.2, 0) is 11.2 Å². The zero-order valence-electron chi connectivity index (χ0n) is 15.6. The van der Waals surface area contributed by atoms with E-state index in [0.717, 1.165) is 22.6 Å². The number of rotatable bonds is 7. The Morgan fingerprint density at radius 1 is 1.11 bits per heavy atom. The predicted molar refractivity (Wildman–Crippen MR) is 103 cm³/mol. The summed E-state index contributed by atoms with van der Waals surface area (Å²) < 4.78 is 16.3. The van der Waals surface area contributed by atoms with Gasteiger partial charge in [-0.05, 0) is 37.3 Å². The molecule has 0 saturated heterocycles. The minimum atomic E-state index is -0.108. The number of aryl methyl sites for hydroxylation is 2. The second kappa shape index (κ2) is 8.40. The van der Waals surface area contributed by atoms with Crippen LogP contribution < -0.4 is 14.8 Å². The van der Waals surface area contributed by atoms with Crippen LogP contribution >= 0.6 is 0 Å². The number of anilines is 1. The first-order valence-electron chi connectivity index (χ1n) is 8.63. The van der Waals surface area contributed by atoms with Gasteiger partial charge in [-0.3, -0.25) is 4.79 Å². The lowest BCUT2D eigenvalue weighted by Crippen LogP contribution is -2.13. The molecule has 0 atom stereocenters. The molecule has 3 aromatic rings. The van der Waals surface area contributed by atoms with Crippen LogP contribution in [0.5, 0.6) is 11.5 Å². The maximum absolute atomic E-state index is 12.1. The van der Waals surface area contributed by atoms with Crippen molar-refractivity contribution >= 4 is 11.7 Å². The number of para-hydroxylation sites is 1. The number of hydrogen-bond acceptors (Lipinski definition) is 5. The molecular formula is C21H22N2O4. The standard InChI is InChI=1S/C21H22N2O4/c1-14-7-9-16(27-14)10-12-20(24)23-19-11-8-15(13-22-19)17-5-4-6-18(25-2)21(17)26-3/h4-9,11,13H,10,12H2,1-3H3,(H,22,23,24). The van der Waals surface area contributed by atoms with E-state index in [9.17, 15) is 4.79 Å². The van der Waals surface area contributed by atoms with Crippen molar-refractivity contribution in [3.63, 3.8) is 0 Å². The zero-order valence-corrected chi connectivity index (χ0v) is 15.6. The van der Waals surface area contributed by atoms with Gasteiger partial charge in [-0.25, -0.2) is 4.98 Å². The SMILES string of the molecule is COc1cccc(-c2ccc(NC(=O)CCc3ccc(C)o3)nc2)c1OC. The summed E-state index contributed by atoms with van der Waals surface area (Å²) in [6, 6.07) is 13.1. The van der Waals surface area contributed by atoms with Crippen LogP contribution in [-0.4, -0.2) is 25.1 Å². The first-order valence-corrected chi connectivity index (χ1v) is 8.63. The largest absolute Gasteiger partial charge is 0.493 e. The van der Waals surface area contributed by atoms with Crippen molar-refractivity contribution in [3.8, 4) is 22.6 Å². The summed E-state index contributed by atoms with van der Waals surface area (Å²) >= 11 is 0. The summed E-state index contributed by atoms with van der Waals surface area (Å²) in [5.74, 6) is 3.34. The van der Waals surface area contributed by atoms with Gasteiger partial charge in [-0.15, -0.1) is 0 Å². The van der Waals surface area contributed by atoms with Gasteiger partial charge >= 0.3 is 0 Å². The van der Waals surface area contributed by atoms with Crippen molar-refractivity contribution in [3.05, 3.63) is 60.2 Å². The highest BCUT2D eigenvalue weighted by molar-refractivity contribution is 5.90. The number of carbonyl (C=O) groups is 1. The van der Waals surface area contributed by atoms with Crippen LogP contribution in [0.3, 0.4) is 0 Å². The Balaban J connectivity index is 1.66. The third kappa shape index (κ3) is 4.47. The lowest BCUT2D eigenvalue weighted by atomic mass is 10.1. The zero-order chi connectivity index (χ0) is 19.2. The number of amides is 1. The number of benzene rings is 1. The molecule has 0 aliphatic heterocycles. The smallest absolute Gasteiger partial charge is 0.225 e. The molecule has 27 heavy (non-hydrogen) atoms. The number of hydrogen-bond donors (Lipinski definition) is 1. The highest BCUT2D eigenvalue weighted by atomic mass is 16.5. The molecule has 0 unspecified atom stereocenters. The first-order chi connectivity index (χ1) is 13.1. The van der Waals surface area contributed by atoms with Gasteiger partial charge in [-0.1, -0.05) is 12.1 Å². The molecule has 2 heterocycles. The van der Waals surface area contributed by atoms with E-state index in [1.165, 1.54) is 0 Å². The second-order valence-electron chi connectivity index (χ2n) is 6.03. The van der Waals surface area contributed by atoms with Crippen molar-refractivity contribution in [2.75, 3.05) is 19.5 Å². The van der Waals surface area contributed by atoms with Gasteiger partial charge < -0.3 is 19.2 Å². The molecule has 2 aromatic heterocycles. The molecule has 0 saturated carbocycles. The first kappa shape index (κ1) is 18.5. The molecular weight excluding hydrogens is 344 g/mol. The van der Waals surface area contributed by atoms with Crippen LogP contribution in [0.2, 0.25) is 0 Å². The number of carbonyl (C=O) groups excluding carboxylic acids is 1. The summed E-state index contributed by atoms with van der Waals surface area (Å²) in [6.07, 6.45) is 2.58. The minimum absolute atomic E-state index is 0.108. The molecule has 0 fully saturated rings. The van der Waals surface area contributed by atoms with Crippen LogP contribution in [0.1, 0.15) is 17.9 Å². The number of aromatic nitrogens is 1. The molecule has 1 N–H and O–H groups in total. The average molecular weight is 366 g/mol. The van der Waals surface area contributed by atoms with E-state index >= 15 is 0 Å². The van der Waals surface area contributed by atoms with Crippen LogP contribution in [0, 0.1) is 6.92 Å². The van der Waals surface area contributed by atoms with Crippen LogP contribution in [0.4, 0.5) is 5.82 Å². The average Bonchev–Trinajstić information content (AvgIpc) is 3.11. The third-order valence-corrected chi connectivity index (χ3v) is 4.14. The highest BCUT2D eigenvalue weighted by Gasteiger charge is 2.12. The molecule has 0 aliphatic rings. The van der Waals surface area contributed by atoms with Crippen LogP contribution in [0.15, 0.2) is 53.1 Å². The fourth-order valence-electron chi connectivity index (χ4n) is 2.80. The molecule has 140 valence electrons. The Labute approximate surface area is 158 Å². The Kier molecular flexibility index (Phi) is 5.76. The summed E-state index contributed by atoms with van der Waals surface area (Å²) in [6.45, 7) is 1.88. The predicted octanol–water partition coefficient (Wildman–Crippen LogP) is 4.24. The molecule has 6 heteroatoms. The molecule has 3 rings (SSSR count). The molecule has 0 aliphatic carbocycles. The normalized spacial score (nSPS) is 10.5. The van der Waals surface area contributed by atoms with Gasteiger partial charge in [0.25, 0.3) is 0 Å². The van der Waals surface area contributed by atoms with E-state index in [4.69, 9.17) is 13.9 Å². The van der Waals surface area contributed by atoms with E-state index in [2.05, 4.69) is 10.3 Å². The molecule has 1 aromatic carbocycles. The molecule has 0 spiro atoms. The minimum Gasteiger partial charge on any atom is -0.493 e. The lowest BCUT2D eigenvalue weighted by molar-refractivity contribution is -0.116. The number of furan rings is 1. The van der Waals surface area contributed by atoms with Crippen LogP contribution in [0.25, 0.3) is 11.1 Å². The molecule has 1 amide bonds. The Morgan fingerprint density at radius 2 is 1.96 bits per heavy atom. The fraction of sp³-hybridized carbons (Fsp3) is 0.238. The number of nitrogens with zero attached hydrogens (tertiary/aromatic N) is 1. The van der Waals surface area contributed by atoms with E-state index in [-0.39, 0.29) is 5.91 Å². The Hall–Kier alpha value is -3.28. The number of methoxy groups -OCH3 is 2. The number of pyridine rings is 1. The van der Waals surface area contributed by atoms with E-state index in [1.54, 1.807) is 26.5 Å². The maximum atomic E-state index is 12.1. The monoisotopic (exact) mass is 366 g/mol. The van der Waals surface area contributed by atoms with Gasteiger partial charge in [0.2, 0.25) is 5.91 Å². The van der Waals surface area contributed by atoms with Gasteiger partial charge in [0, 0.05) is 30.2 Å². The van der Waals surface area contributed by atoms with Gasteiger partial charge in [-0.2, -0.15) is 0 Å². The van der Waals surface area contributed by atoms with Crippen molar-refractivity contribution in [1.29, 1.82) is 0 Å². The summed E-state index contributed by atoms with van der Waals surface area (Å²) in [5.41, 5.74) is 1.74. The highest BCUT2D eigenvalue weighted by Crippen LogP contribution is 2.37. The number of ether oxygens (including phenoxy) is 2. The van der Waals surface area contributed by atoms with E-state index in [0.29, 0.717) is 30.2 Å². The van der Waals surface area contributed by atoms with Crippen molar-refractivity contribution < 1.29 is 18.7 Å². The molecule has 6 nitrogen and oxygen atoms in total. The number of nitrogens with one attached hydrogen (secondary N) is 1. The maximum Gasteiger partial charge on any atom is 0.225 e. The van der Waals surface area contributed by atoms with Gasteiger partial charge in [0.05, 0.1) is 14.2 Å². The topological polar surface area (TPSA) is 73.6 Å². The van der Waals surface area contributed by atoms with Crippen molar-refractivity contribution in [1.82, 2.24) is 4.98 Å². The molecule has 0 radical (unpaired) electrons. The Bertz CT molecular complexity index is 916. The lowest BCUT2D eigenvalue weighted by Gasteiger charge is -2.12. The summed E-state index contributed by atoms with van der Waals surface area (Å²) in [5, 5.41) is 2.80. The van der Waals surface area contributed by atoms with Crippen molar-refractivity contribution in [2.24, 2.45) is 0 Å². The van der Waals surface area contributed by atoms with E-state index < -0.39 is 0 Å².